The van der Waals surface area contributed by atoms with Crippen LogP contribution in [0, 0.1) is 11.8 Å². The Bertz CT molecular complexity index is 282. The lowest BCUT2D eigenvalue weighted by Crippen LogP contribution is -2.50. The highest BCUT2D eigenvalue weighted by Gasteiger charge is 2.34. The fraction of sp³-hybridized carbons (Fsp3) is 1.00. The van der Waals surface area contributed by atoms with Gasteiger partial charge in [0, 0.05) is 0 Å². The predicted octanol–water partition coefficient (Wildman–Crippen LogP) is 4.58. The van der Waals surface area contributed by atoms with Crippen LogP contribution >= 0.6 is 0 Å². The van der Waals surface area contributed by atoms with Crippen molar-refractivity contribution in [3.05, 3.63) is 0 Å². The summed E-state index contributed by atoms with van der Waals surface area (Å²) in [6, 6.07) is 0. The molecule has 1 rings (SSSR count). The minimum atomic E-state index is -0.582. The summed E-state index contributed by atoms with van der Waals surface area (Å²) in [6.45, 7) is 11.2. The van der Waals surface area contributed by atoms with E-state index in [1.807, 2.05) is 0 Å². The molecule has 0 amide bonds. The van der Waals surface area contributed by atoms with Crippen LogP contribution in [0.3, 0.4) is 0 Å². The molecule has 1 saturated heterocycles. The molecule has 4 nitrogen and oxygen atoms in total. The van der Waals surface area contributed by atoms with E-state index in [1.54, 1.807) is 0 Å². The van der Waals surface area contributed by atoms with E-state index in [2.05, 4.69) is 27.7 Å². The summed E-state index contributed by atoms with van der Waals surface area (Å²) in [4.78, 5) is 0. The van der Waals surface area contributed by atoms with Crippen LogP contribution in [0.5, 0.6) is 0 Å². The maximum atomic E-state index is 10.6. The van der Waals surface area contributed by atoms with E-state index < -0.39 is 6.10 Å². The fourth-order valence-corrected chi connectivity index (χ4v) is 3.35. The summed E-state index contributed by atoms with van der Waals surface area (Å²) < 4.78 is 17.7. The van der Waals surface area contributed by atoms with Gasteiger partial charge in [0.2, 0.25) is 0 Å². The van der Waals surface area contributed by atoms with Gasteiger partial charge in [-0.25, -0.2) is 0 Å². The van der Waals surface area contributed by atoms with E-state index >= 15 is 0 Å². The average molecular weight is 359 g/mol. The molecule has 1 heterocycles. The smallest absolute Gasteiger partial charge is 0.111 e. The Kier molecular flexibility index (Phi) is 12.8. The minimum Gasteiger partial charge on any atom is -0.388 e. The summed E-state index contributed by atoms with van der Waals surface area (Å²) >= 11 is 0. The van der Waals surface area contributed by atoms with Gasteiger partial charge in [0.15, 0.2) is 0 Å². The van der Waals surface area contributed by atoms with Crippen LogP contribution in [0.1, 0.15) is 79.1 Å². The lowest BCUT2D eigenvalue weighted by molar-refractivity contribution is -0.191. The van der Waals surface area contributed by atoms with Crippen LogP contribution < -0.4 is 0 Å². The van der Waals surface area contributed by atoms with Crippen molar-refractivity contribution >= 4 is 0 Å². The molecule has 25 heavy (non-hydrogen) atoms. The second kappa shape index (κ2) is 14.0. The van der Waals surface area contributed by atoms with Gasteiger partial charge in [-0.05, 0) is 24.7 Å². The summed E-state index contributed by atoms with van der Waals surface area (Å²) in [6.07, 6.45) is 8.48. The molecular weight excluding hydrogens is 316 g/mol. The Morgan fingerprint density at radius 3 is 1.64 bits per heavy atom. The first-order valence-electron chi connectivity index (χ1n) is 10.6. The van der Waals surface area contributed by atoms with Gasteiger partial charge < -0.3 is 19.3 Å². The Morgan fingerprint density at radius 1 is 0.840 bits per heavy atom. The molecule has 3 unspecified atom stereocenters. The molecule has 0 radical (unpaired) electrons. The third-order valence-corrected chi connectivity index (χ3v) is 5.50. The molecule has 0 aromatic rings. The lowest BCUT2D eigenvalue weighted by atomic mass is 9.99. The Labute approximate surface area is 155 Å². The van der Waals surface area contributed by atoms with Crippen LogP contribution in [0.25, 0.3) is 0 Å². The second-order valence-corrected chi connectivity index (χ2v) is 7.60. The number of rotatable bonds is 14. The van der Waals surface area contributed by atoms with Crippen molar-refractivity contribution in [1.82, 2.24) is 0 Å². The van der Waals surface area contributed by atoms with Crippen molar-refractivity contribution in [1.29, 1.82) is 0 Å². The maximum Gasteiger partial charge on any atom is 0.111 e. The van der Waals surface area contributed by atoms with Crippen LogP contribution in [-0.4, -0.2) is 49.8 Å². The number of aliphatic hydroxyl groups is 1. The fourth-order valence-electron chi connectivity index (χ4n) is 3.35. The van der Waals surface area contributed by atoms with Crippen molar-refractivity contribution in [3.63, 3.8) is 0 Å². The zero-order valence-electron chi connectivity index (χ0n) is 17.0. The second-order valence-electron chi connectivity index (χ2n) is 7.60. The number of ether oxygens (including phenoxy) is 3. The molecular formula is C21H42O4. The highest BCUT2D eigenvalue weighted by atomic mass is 16.6. The van der Waals surface area contributed by atoms with E-state index in [4.69, 9.17) is 14.2 Å². The monoisotopic (exact) mass is 358 g/mol. The maximum absolute atomic E-state index is 10.6. The highest BCUT2D eigenvalue weighted by molar-refractivity contribution is 4.82. The van der Waals surface area contributed by atoms with Gasteiger partial charge in [0.25, 0.3) is 0 Å². The highest BCUT2D eigenvalue weighted by Crippen LogP contribution is 2.21. The molecule has 0 saturated carbocycles. The summed E-state index contributed by atoms with van der Waals surface area (Å²) in [5.41, 5.74) is 0. The zero-order chi connectivity index (χ0) is 18.5. The van der Waals surface area contributed by atoms with Crippen molar-refractivity contribution in [3.8, 4) is 0 Å². The molecule has 0 aliphatic carbocycles. The zero-order valence-corrected chi connectivity index (χ0v) is 17.0. The Morgan fingerprint density at radius 2 is 1.28 bits per heavy atom. The number of hydrogen-bond donors (Lipinski definition) is 1. The average Bonchev–Trinajstić information content (AvgIpc) is 2.64. The third kappa shape index (κ3) is 8.85. The van der Waals surface area contributed by atoms with Gasteiger partial charge >= 0.3 is 0 Å². The summed E-state index contributed by atoms with van der Waals surface area (Å²) in [7, 11) is 0. The molecule has 1 aliphatic rings. The molecule has 0 aromatic carbocycles. The van der Waals surface area contributed by atoms with E-state index in [-0.39, 0.29) is 12.2 Å². The molecule has 0 aromatic heterocycles. The lowest BCUT2D eigenvalue weighted by Gasteiger charge is -2.35. The van der Waals surface area contributed by atoms with Gasteiger partial charge in [0.1, 0.15) is 18.3 Å². The largest absolute Gasteiger partial charge is 0.388 e. The van der Waals surface area contributed by atoms with Crippen molar-refractivity contribution in [2.24, 2.45) is 11.8 Å². The van der Waals surface area contributed by atoms with Gasteiger partial charge in [-0.2, -0.15) is 0 Å². The first-order valence-corrected chi connectivity index (χ1v) is 10.6. The van der Waals surface area contributed by atoms with E-state index in [0.29, 0.717) is 38.3 Å². The predicted molar refractivity (Wildman–Crippen MR) is 103 cm³/mol. The Balaban J connectivity index is 2.38. The van der Waals surface area contributed by atoms with Gasteiger partial charge in [0.05, 0.1) is 26.4 Å². The van der Waals surface area contributed by atoms with Crippen LogP contribution in [-0.2, 0) is 14.2 Å². The minimum absolute atomic E-state index is 0.259. The molecule has 5 atom stereocenters. The van der Waals surface area contributed by atoms with Crippen LogP contribution in [0.4, 0.5) is 0 Å². The quantitative estimate of drug-likeness (QED) is 0.494. The summed E-state index contributed by atoms with van der Waals surface area (Å²) in [5, 5.41) is 10.6. The van der Waals surface area contributed by atoms with Gasteiger partial charge in [-0.3, -0.25) is 0 Å². The van der Waals surface area contributed by atoms with Crippen LogP contribution in [0.15, 0.2) is 0 Å². The molecule has 0 bridgehead atoms. The van der Waals surface area contributed by atoms with Crippen molar-refractivity contribution in [2.45, 2.75) is 97.4 Å². The van der Waals surface area contributed by atoms with Gasteiger partial charge in [-0.1, -0.05) is 66.2 Å². The normalized spacial score (nSPS) is 26.5. The molecule has 4 heteroatoms. The molecule has 0 spiro atoms. The topological polar surface area (TPSA) is 47.9 Å². The van der Waals surface area contributed by atoms with E-state index in [0.717, 1.165) is 12.8 Å². The van der Waals surface area contributed by atoms with Crippen LogP contribution in [0.2, 0.25) is 0 Å². The van der Waals surface area contributed by atoms with Crippen molar-refractivity contribution < 1.29 is 19.3 Å². The molecule has 1 fully saturated rings. The molecule has 150 valence electrons. The number of hydrogen-bond acceptors (Lipinski definition) is 4. The van der Waals surface area contributed by atoms with Gasteiger partial charge in [-0.15, -0.1) is 0 Å². The third-order valence-electron chi connectivity index (χ3n) is 5.50. The van der Waals surface area contributed by atoms with E-state index in [9.17, 15) is 5.11 Å². The molecule has 1 aliphatic heterocycles. The SMILES string of the molecule is CCCCC(CC)CO[C@H]1COC[C@@H](OCC(CC)CCCC)C1O. The number of aliphatic hydroxyl groups excluding tert-OH is 1. The van der Waals surface area contributed by atoms with Crippen molar-refractivity contribution in [2.75, 3.05) is 26.4 Å². The first-order chi connectivity index (χ1) is 12.2. The van der Waals surface area contributed by atoms with E-state index in [1.165, 1.54) is 38.5 Å². The number of unbranched alkanes of at least 4 members (excludes halogenated alkanes) is 2. The first kappa shape index (κ1) is 22.9. The summed E-state index contributed by atoms with van der Waals surface area (Å²) in [5.74, 6) is 1.15. The molecule has 1 N–H and O–H groups in total. The Hall–Kier alpha value is -0.160. The standard InChI is InChI=1S/C21H42O4/c1-5-9-11-17(7-3)13-24-19-15-23-16-20(21(19)22)25-14-18(8-4)12-10-6-2/h17-22H,5-16H2,1-4H3/t17?,18?,19-,20+,21?.